The van der Waals surface area contributed by atoms with E-state index in [-0.39, 0.29) is 11.3 Å². The van der Waals surface area contributed by atoms with Crippen LogP contribution in [0.15, 0.2) is 0 Å². The van der Waals surface area contributed by atoms with E-state index in [2.05, 4.69) is 5.32 Å². The zero-order chi connectivity index (χ0) is 15.0. The van der Waals surface area contributed by atoms with E-state index in [1.165, 1.54) is 44.9 Å². The molecule has 0 spiro atoms. The Bertz CT molecular complexity index is 308. The summed E-state index contributed by atoms with van der Waals surface area (Å²) in [6.45, 7) is 2.14. The molecule has 0 bridgehead atoms. The Morgan fingerprint density at radius 1 is 1.14 bits per heavy atom. The van der Waals surface area contributed by atoms with E-state index in [9.17, 15) is 4.79 Å². The SMILES string of the molecule is NCC1(CC(=O)NCCCOC2CCCC2)CCCCC1. The van der Waals surface area contributed by atoms with E-state index in [0.29, 0.717) is 19.1 Å². The third-order valence-corrected chi connectivity index (χ3v) is 5.18. The third-order valence-electron chi connectivity index (χ3n) is 5.18. The van der Waals surface area contributed by atoms with E-state index < -0.39 is 0 Å². The fourth-order valence-electron chi connectivity index (χ4n) is 3.76. The molecule has 2 rings (SSSR count). The first kappa shape index (κ1) is 16.8. The first-order valence-electron chi connectivity index (χ1n) is 8.82. The van der Waals surface area contributed by atoms with Gasteiger partial charge in [-0.05, 0) is 44.1 Å². The summed E-state index contributed by atoms with van der Waals surface area (Å²) in [6, 6.07) is 0. The number of carbonyl (C=O) groups excluding carboxylic acids is 1. The number of nitrogens with one attached hydrogen (secondary N) is 1. The zero-order valence-corrected chi connectivity index (χ0v) is 13.4. The predicted octanol–water partition coefficient (Wildman–Crippen LogP) is 2.75. The first-order valence-corrected chi connectivity index (χ1v) is 8.82. The lowest BCUT2D eigenvalue weighted by molar-refractivity contribution is -0.123. The first-order chi connectivity index (χ1) is 10.2. The third kappa shape index (κ3) is 5.59. The van der Waals surface area contributed by atoms with Crippen LogP contribution in [0.4, 0.5) is 0 Å². The van der Waals surface area contributed by atoms with E-state index in [0.717, 1.165) is 32.4 Å². The summed E-state index contributed by atoms with van der Waals surface area (Å²) in [7, 11) is 0. The molecule has 2 aliphatic rings. The maximum absolute atomic E-state index is 12.1. The van der Waals surface area contributed by atoms with Gasteiger partial charge in [-0.1, -0.05) is 32.1 Å². The second-order valence-corrected chi connectivity index (χ2v) is 6.92. The summed E-state index contributed by atoms with van der Waals surface area (Å²) in [4.78, 5) is 12.1. The van der Waals surface area contributed by atoms with Crippen molar-refractivity contribution in [3.05, 3.63) is 0 Å². The summed E-state index contributed by atoms with van der Waals surface area (Å²) in [6.07, 6.45) is 13.0. The summed E-state index contributed by atoms with van der Waals surface area (Å²) >= 11 is 0. The Hall–Kier alpha value is -0.610. The van der Waals surface area contributed by atoms with E-state index in [1.54, 1.807) is 0 Å². The van der Waals surface area contributed by atoms with Gasteiger partial charge in [0.25, 0.3) is 0 Å². The molecule has 0 aromatic carbocycles. The van der Waals surface area contributed by atoms with Crippen LogP contribution < -0.4 is 11.1 Å². The molecular formula is C17H32N2O2. The van der Waals surface area contributed by atoms with Crippen molar-refractivity contribution < 1.29 is 9.53 Å². The fourth-order valence-corrected chi connectivity index (χ4v) is 3.76. The standard InChI is InChI=1S/C17H32N2O2/c18-14-17(9-4-1-5-10-17)13-16(20)19-11-6-12-21-15-7-2-3-8-15/h15H,1-14,18H2,(H,19,20). The molecule has 4 nitrogen and oxygen atoms in total. The van der Waals surface area contributed by atoms with Gasteiger partial charge in [-0.15, -0.1) is 0 Å². The van der Waals surface area contributed by atoms with Gasteiger partial charge in [-0.2, -0.15) is 0 Å². The molecule has 2 aliphatic carbocycles. The quantitative estimate of drug-likeness (QED) is 0.677. The van der Waals surface area contributed by atoms with Crippen LogP contribution in [0.1, 0.15) is 70.6 Å². The highest BCUT2D eigenvalue weighted by Gasteiger charge is 2.32. The van der Waals surface area contributed by atoms with Crippen LogP contribution in [0.5, 0.6) is 0 Å². The molecule has 0 unspecified atom stereocenters. The normalized spacial score (nSPS) is 22.3. The van der Waals surface area contributed by atoms with Crippen LogP contribution in [-0.4, -0.2) is 31.7 Å². The Kier molecular flexibility index (Phi) is 6.97. The average molecular weight is 296 g/mol. The molecular weight excluding hydrogens is 264 g/mol. The molecule has 2 fully saturated rings. The number of hydrogen-bond acceptors (Lipinski definition) is 3. The van der Waals surface area contributed by atoms with Crippen molar-refractivity contribution in [3.8, 4) is 0 Å². The average Bonchev–Trinajstić information content (AvgIpc) is 3.01. The van der Waals surface area contributed by atoms with Gasteiger partial charge < -0.3 is 15.8 Å². The van der Waals surface area contributed by atoms with Crippen LogP contribution in [-0.2, 0) is 9.53 Å². The second kappa shape index (κ2) is 8.74. The van der Waals surface area contributed by atoms with Crippen molar-refractivity contribution in [3.63, 3.8) is 0 Å². The molecule has 0 radical (unpaired) electrons. The Balaban J connectivity index is 1.56. The van der Waals surface area contributed by atoms with Crippen LogP contribution in [0, 0.1) is 5.41 Å². The molecule has 21 heavy (non-hydrogen) atoms. The molecule has 0 aliphatic heterocycles. The molecule has 122 valence electrons. The molecule has 4 heteroatoms. The van der Waals surface area contributed by atoms with Crippen LogP contribution in [0.2, 0.25) is 0 Å². The van der Waals surface area contributed by atoms with Crippen molar-refractivity contribution in [2.24, 2.45) is 11.1 Å². The summed E-state index contributed by atoms with van der Waals surface area (Å²) in [5.74, 6) is 0.170. The molecule has 0 aromatic heterocycles. The number of rotatable bonds is 8. The van der Waals surface area contributed by atoms with Gasteiger partial charge in [-0.3, -0.25) is 4.79 Å². The van der Waals surface area contributed by atoms with Gasteiger partial charge >= 0.3 is 0 Å². The maximum atomic E-state index is 12.1. The monoisotopic (exact) mass is 296 g/mol. The number of amides is 1. The number of ether oxygens (including phenoxy) is 1. The lowest BCUT2D eigenvalue weighted by atomic mass is 9.71. The summed E-state index contributed by atoms with van der Waals surface area (Å²) < 4.78 is 5.80. The highest BCUT2D eigenvalue weighted by atomic mass is 16.5. The topological polar surface area (TPSA) is 64.4 Å². The van der Waals surface area contributed by atoms with Gasteiger partial charge in [-0.25, -0.2) is 0 Å². The number of hydrogen-bond donors (Lipinski definition) is 2. The zero-order valence-electron chi connectivity index (χ0n) is 13.4. The fraction of sp³-hybridized carbons (Fsp3) is 0.941. The highest BCUT2D eigenvalue weighted by Crippen LogP contribution is 2.38. The van der Waals surface area contributed by atoms with E-state index in [4.69, 9.17) is 10.5 Å². The molecule has 0 heterocycles. The van der Waals surface area contributed by atoms with E-state index >= 15 is 0 Å². The van der Waals surface area contributed by atoms with Gasteiger partial charge in [0.2, 0.25) is 5.91 Å². The van der Waals surface area contributed by atoms with E-state index in [1.807, 2.05) is 0 Å². The van der Waals surface area contributed by atoms with Gasteiger partial charge in [0.1, 0.15) is 0 Å². The minimum atomic E-state index is 0.0721. The Morgan fingerprint density at radius 3 is 2.52 bits per heavy atom. The van der Waals surface area contributed by atoms with Crippen molar-refractivity contribution in [1.29, 1.82) is 0 Å². The van der Waals surface area contributed by atoms with Gasteiger partial charge in [0.15, 0.2) is 0 Å². The summed E-state index contributed by atoms with van der Waals surface area (Å²) in [5.41, 5.74) is 6.00. The smallest absolute Gasteiger partial charge is 0.220 e. The molecule has 0 saturated heterocycles. The minimum Gasteiger partial charge on any atom is -0.378 e. The molecule has 3 N–H and O–H groups in total. The van der Waals surface area contributed by atoms with Crippen molar-refractivity contribution >= 4 is 5.91 Å². The Labute approximate surface area is 129 Å². The highest BCUT2D eigenvalue weighted by molar-refractivity contribution is 5.76. The lowest BCUT2D eigenvalue weighted by Gasteiger charge is -2.35. The summed E-state index contributed by atoms with van der Waals surface area (Å²) in [5, 5.41) is 3.04. The second-order valence-electron chi connectivity index (χ2n) is 6.92. The molecule has 1 amide bonds. The largest absolute Gasteiger partial charge is 0.378 e. The maximum Gasteiger partial charge on any atom is 0.220 e. The molecule has 0 atom stereocenters. The lowest BCUT2D eigenvalue weighted by Crippen LogP contribution is -2.39. The van der Waals surface area contributed by atoms with Crippen molar-refractivity contribution in [2.45, 2.75) is 76.7 Å². The van der Waals surface area contributed by atoms with Crippen molar-refractivity contribution in [1.82, 2.24) is 5.32 Å². The molecule has 0 aromatic rings. The van der Waals surface area contributed by atoms with Gasteiger partial charge in [0, 0.05) is 19.6 Å². The van der Waals surface area contributed by atoms with Crippen molar-refractivity contribution in [2.75, 3.05) is 19.7 Å². The Morgan fingerprint density at radius 2 is 1.86 bits per heavy atom. The number of carbonyl (C=O) groups is 1. The number of nitrogens with two attached hydrogens (primary N) is 1. The van der Waals surface area contributed by atoms with Crippen LogP contribution >= 0.6 is 0 Å². The molecule has 2 saturated carbocycles. The predicted molar refractivity (Wildman–Crippen MR) is 85.0 cm³/mol. The van der Waals surface area contributed by atoms with Gasteiger partial charge in [0.05, 0.1) is 6.10 Å². The van der Waals surface area contributed by atoms with Crippen LogP contribution in [0.25, 0.3) is 0 Å². The van der Waals surface area contributed by atoms with Crippen LogP contribution in [0.3, 0.4) is 0 Å². The minimum absolute atomic E-state index is 0.0721.